The summed E-state index contributed by atoms with van der Waals surface area (Å²) in [5.41, 5.74) is 0. The second-order valence-electron chi connectivity index (χ2n) is 4.32. The lowest BCUT2D eigenvalue weighted by Gasteiger charge is -2.05. The van der Waals surface area contributed by atoms with E-state index in [-0.39, 0.29) is 0 Å². The summed E-state index contributed by atoms with van der Waals surface area (Å²) in [5.74, 6) is 0.986. The third-order valence-corrected chi connectivity index (χ3v) is 2.70. The predicted molar refractivity (Wildman–Crippen MR) is 60.6 cm³/mol. The standard InChI is InChI=1S/C12H25NO/c1-2-3-4-5-9-14-10-8-13-11-12-6-7-12/h12-13H,2-11H2,1H3. The fraction of sp³-hybridized carbons (Fsp3) is 1.00. The predicted octanol–water partition coefficient (Wildman–Crippen LogP) is 2.58. The molecule has 0 radical (unpaired) electrons. The Balaban J connectivity index is 1.63. The molecular formula is C12H25NO. The quantitative estimate of drug-likeness (QED) is 0.546. The minimum Gasteiger partial charge on any atom is -0.380 e. The van der Waals surface area contributed by atoms with Crippen LogP contribution in [0.5, 0.6) is 0 Å². The molecule has 0 aromatic heterocycles. The van der Waals surface area contributed by atoms with Crippen molar-refractivity contribution in [1.82, 2.24) is 5.32 Å². The number of rotatable bonds is 10. The normalized spacial score (nSPS) is 16.1. The number of ether oxygens (including phenoxy) is 1. The lowest BCUT2D eigenvalue weighted by Crippen LogP contribution is -2.22. The topological polar surface area (TPSA) is 21.3 Å². The van der Waals surface area contributed by atoms with E-state index >= 15 is 0 Å². The molecule has 1 aliphatic carbocycles. The van der Waals surface area contributed by atoms with Crippen LogP contribution in [0.3, 0.4) is 0 Å². The van der Waals surface area contributed by atoms with E-state index in [9.17, 15) is 0 Å². The molecule has 1 N–H and O–H groups in total. The highest BCUT2D eigenvalue weighted by Gasteiger charge is 2.19. The molecule has 0 heterocycles. The maximum Gasteiger partial charge on any atom is 0.0590 e. The molecule has 14 heavy (non-hydrogen) atoms. The van der Waals surface area contributed by atoms with Crippen LogP contribution in [-0.2, 0) is 4.74 Å². The molecule has 2 heteroatoms. The van der Waals surface area contributed by atoms with Gasteiger partial charge in [0.1, 0.15) is 0 Å². The monoisotopic (exact) mass is 199 g/mol. The molecular weight excluding hydrogens is 174 g/mol. The summed E-state index contributed by atoms with van der Waals surface area (Å²) in [6.07, 6.45) is 8.09. The highest BCUT2D eigenvalue weighted by molar-refractivity contribution is 4.74. The Kier molecular flexibility index (Phi) is 7.06. The van der Waals surface area contributed by atoms with E-state index in [0.717, 1.165) is 25.7 Å². The van der Waals surface area contributed by atoms with E-state index in [2.05, 4.69) is 12.2 Å². The molecule has 0 aliphatic heterocycles. The summed E-state index contributed by atoms with van der Waals surface area (Å²) in [6, 6.07) is 0. The highest BCUT2D eigenvalue weighted by atomic mass is 16.5. The van der Waals surface area contributed by atoms with Crippen molar-refractivity contribution in [3.63, 3.8) is 0 Å². The van der Waals surface area contributed by atoms with Gasteiger partial charge >= 0.3 is 0 Å². The van der Waals surface area contributed by atoms with Crippen molar-refractivity contribution < 1.29 is 4.74 Å². The van der Waals surface area contributed by atoms with Crippen LogP contribution < -0.4 is 5.32 Å². The van der Waals surface area contributed by atoms with Gasteiger partial charge in [0.05, 0.1) is 6.61 Å². The van der Waals surface area contributed by atoms with E-state index < -0.39 is 0 Å². The van der Waals surface area contributed by atoms with Crippen molar-refractivity contribution in [2.24, 2.45) is 5.92 Å². The van der Waals surface area contributed by atoms with E-state index in [1.165, 1.54) is 45.1 Å². The smallest absolute Gasteiger partial charge is 0.0590 e. The van der Waals surface area contributed by atoms with Crippen LogP contribution in [0.15, 0.2) is 0 Å². The molecule has 0 atom stereocenters. The summed E-state index contributed by atoms with van der Waals surface area (Å²) < 4.78 is 5.52. The molecule has 2 nitrogen and oxygen atoms in total. The zero-order valence-electron chi connectivity index (χ0n) is 9.56. The second kappa shape index (κ2) is 8.25. The fourth-order valence-corrected chi connectivity index (χ4v) is 1.51. The van der Waals surface area contributed by atoms with Gasteiger partial charge < -0.3 is 10.1 Å². The zero-order chi connectivity index (χ0) is 10.1. The average Bonchev–Trinajstić information content (AvgIpc) is 2.99. The molecule has 0 amide bonds. The van der Waals surface area contributed by atoms with Crippen molar-refractivity contribution in [3.05, 3.63) is 0 Å². The molecule has 0 aromatic rings. The Bertz CT molecular complexity index is 123. The van der Waals surface area contributed by atoms with Crippen molar-refractivity contribution in [1.29, 1.82) is 0 Å². The zero-order valence-corrected chi connectivity index (χ0v) is 9.56. The van der Waals surface area contributed by atoms with Crippen LogP contribution in [0.4, 0.5) is 0 Å². The molecule has 84 valence electrons. The highest BCUT2D eigenvalue weighted by Crippen LogP contribution is 2.27. The first-order chi connectivity index (χ1) is 6.93. The Morgan fingerprint density at radius 3 is 2.71 bits per heavy atom. The van der Waals surface area contributed by atoms with Crippen LogP contribution in [0.2, 0.25) is 0 Å². The van der Waals surface area contributed by atoms with Gasteiger partial charge in [-0.3, -0.25) is 0 Å². The lowest BCUT2D eigenvalue weighted by molar-refractivity contribution is 0.131. The van der Waals surface area contributed by atoms with Gasteiger partial charge in [0.2, 0.25) is 0 Å². The average molecular weight is 199 g/mol. The van der Waals surface area contributed by atoms with Gasteiger partial charge in [-0.05, 0) is 31.7 Å². The summed E-state index contributed by atoms with van der Waals surface area (Å²) in [4.78, 5) is 0. The molecule has 1 saturated carbocycles. The maximum absolute atomic E-state index is 5.52. The van der Waals surface area contributed by atoms with Crippen LogP contribution in [0.1, 0.15) is 45.4 Å². The van der Waals surface area contributed by atoms with Crippen LogP contribution in [0.25, 0.3) is 0 Å². The van der Waals surface area contributed by atoms with Crippen LogP contribution in [0, 0.1) is 5.92 Å². The number of hydrogen-bond donors (Lipinski definition) is 1. The molecule has 0 unspecified atom stereocenters. The SMILES string of the molecule is CCCCCCOCCNCC1CC1. The van der Waals surface area contributed by atoms with E-state index in [0.29, 0.717) is 0 Å². The van der Waals surface area contributed by atoms with Crippen LogP contribution in [-0.4, -0.2) is 26.3 Å². The van der Waals surface area contributed by atoms with Gasteiger partial charge in [0.25, 0.3) is 0 Å². The molecule has 1 aliphatic rings. The number of nitrogens with one attached hydrogen (secondary N) is 1. The number of unbranched alkanes of at least 4 members (excludes halogenated alkanes) is 3. The second-order valence-corrected chi connectivity index (χ2v) is 4.32. The van der Waals surface area contributed by atoms with Crippen molar-refractivity contribution in [2.45, 2.75) is 45.4 Å². The fourth-order valence-electron chi connectivity index (χ4n) is 1.51. The summed E-state index contributed by atoms with van der Waals surface area (Å²) in [5, 5.41) is 3.42. The van der Waals surface area contributed by atoms with Gasteiger partial charge in [-0.1, -0.05) is 26.2 Å². The van der Waals surface area contributed by atoms with Crippen LogP contribution >= 0.6 is 0 Å². The molecule has 1 fully saturated rings. The Labute approximate surface area is 88.4 Å². The molecule has 0 saturated heterocycles. The van der Waals surface area contributed by atoms with Gasteiger partial charge in [0.15, 0.2) is 0 Å². The minimum atomic E-state index is 0.888. The van der Waals surface area contributed by atoms with Crippen molar-refractivity contribution >= 4 is 0 Å². The van der Waals surface area contributed by atoms with Gasteiger partial charge in [0, 0.05) is 13.2 Å². The Hall–Kier alpha value is -0.0800. The lowest BCUT2D eigenvalue weighted by atomic mass is 10.2. The van der Waals surface area contributed by atoms with E-state index in [1.54, 1.807) is 0 Å². The Morgan fingerprint density at radius 1 is 1.14 bits per heavy atom. The Morgan fingerprint density at radius 2 is 2.00 bits per heavy atom. The first-order valence-electron chi connectivity index (χ1n) is 6.22. The van der Waals surface area contributed by atoms with Gasteiger partial charge in [-0.2, -0.15) is 0 Å². The summed E-state index contributed by atoms with van der Waals surface area (Å²) >= 11 is 0. The number of hydrogen-bond acceptors (Lipinski definition) is 2. The maximum atomic E-state index is 5.52. The molecule has 0 bridgehead atoms. The largest absolute Gasteiger partial charge is 0.380 e. The van der Waals surface area contributed by atoms with Crippen molar-refractivity contribution in [2.75, 3.05) is 26.3 Å². The van der Waals surface area contributed by atoms with E-state index in [1.807, 2.05) is 0 Å². The minimum absolute atomic E-state index is 0.888. The van der Waals surface area contributed by atoms with Gasteiger partial charge in [-0.15, -0.1) is 0 Å². The third kappa shape index (κ3) is 7.34. The van der Waals surface area contributed by atoms with Crippen molar-refractivity contribution in [3.8, 4) is 0 Å². The summed E-state index contributed by atoms with van der Waals surface area (Å²) in [6.45, 7) is 6.32. The van der Waals surface area contributed by atoms with E-state index in [4.69, 9.17) is 4.74 Å². The third-order valence-electron chi connectivity index (χ3n) is 2.70. The first kappa shape index (κ1) is 12.0. The van der Waals surface area contributed by atoms with Gasteiger partial charge in [-0.25, -0.2) is 0 Å². The summed E-state index contributed by atoms with van der Waals surface area (Å²) in [7, 11) is 0. The molecule has 0 aromatic carbocycles. The first-order valence-corrected chi connectivity index (χ1v) is 6.22. The molecule has 0 spiro atoms. The molecule has 1 rings (SSSR count).